The number of rotatable bonds is 6. The lowest BCUT2D eigenvalue weighted by atomic mass is 9.87. The quantitative estimate of drug-likeness (QED) is 0.867. The fraction of sp³-hybridized carbons (Fsp3) is 0.700. The van der Waals surface area contributed by atoms with Crippen LogP contribution >= 0.6 is 0 Å². The van der Waals surface area contributed by atoms with Crippen LogP contribution in [0.15, 0.2) is 24.3 Å². The first-order valence-corrected chi connectivity index (χ1v) is 9.45. The molecule has 24 heavy (non-hydrogen) atoms. The monoisotopic (exact) mass is 332 g/mol. The lowest BCUT2D eigenvalue weighted by Crippen LogP contribution is -2.45. The summed E-state index contributed by atoms with van der Waals surface area (Å²) >= 11 is 0. The third kappa shape index (κ3) is 4.71. The molecule has 2 fully saturated rings. The highest BCUT2D eigenvalue weighted by atomic mass is 16.5. The molecule has 1 heterocycles. The lowest BCUT2D eigenvalue weighted by molar-refractivity contribution is 0.0152. The fourth-order valence-corrected chi connectivity index (χ4v) is 4.07. The topological polar surface area (TPSA) is 33.7 Å². The Morgan fingerprint density at radius 3 is 2.62 bits per heavy atom. The molecule has 1 N–H and O–H groups in total. The van der Waals surface area contributed by atoms with Crippen molar-refractivity contribution in [1.29, 1.82) is 0 Å². The first-order chi connectivity index (χ1) is 11.8. The van der Waals surface area contributed by atoms with Crippen molar-refractivity contribution < 1.29 is 9.47 Å². The number of methoxy groups -OCH3 is 1. The van der Waals surface area contributed by atoms with E-state index in [9.17, 15) is 0 Å². The Morgan fingerprint density at radius 1 is 1.21 bits per heavy atom. The van der Waals surface area contributed by atoms with Crippen LogP contribution in [0.25, 0.3) is 0 Å². The average molecular weight is 332 g/mol. The van der Waals surface area contributed by atoms with Crippen LogP contribution in [0.2, 0.25) is 0 Å². The van der Waals surface area contributed by atoms with Gasteiger partial charge in [-0.25, -0.2) is 0 Å². The van der Waals surface area contributed by atoms with Gasteiger partial charge < -0.3 is 14.8 Å². The summed E-state index contributed by atoms with van der Waals surface area (Å²) in [5.74, 6) is 1.78. The van der Waals surface area contributed by atoms with Crippen LogP contribution in [0.5, 0.6) is 5.75 Å². The zero-order valence-corrected chi connectivity index (χ0v) is 15.2. The van der Waals surface area contributed by atoms with Gasteiger partial charge in [0.05, 0.1) is 20.3 Å². The van der Waals surface area contributed by atoms with Gasteiger partial charge in [0, 0.05) is 31.7 Å². The molecule has 0 aromatic heterocycles. The van der Waals surface area contributed by atoms with Crippen LogP contribution in [0.4, 0.5) is 0 Å². The van der Waals surface area contributed by atoms with E-state index in [2.05, 4.69) is 41.4 Å². The third-order valence-electron chi connectivity index (χ3n) is 5.52. The van der Waals surface area contributed by atoms with Crippen molar-refractivity contribution in [1.82, 2.24) is 10.2 Å². The molecule has 0 radical (unpaired) electrons. The average Bonchev–Trinajstić information content (AvgIpc) is 2.63. The van der Waals surface area contributed by atoms with Crippen molar-refractivity contribution in [2.24, 2.45) is 5.92 Å². The molecule has 3 atom stereocenters. The Hall–Kier alpha value is -1.10. The highest BCUT2D eigenvalue weighted by Crippen LogP contribution is 2.26. The summed E-state index contributed by atoms with van der Waals surface area (Å²) in [6.45, 7) is 7.11. The summed E-state index contributed by atoms with van der Waals surface area (Å²) in [7, 11) is 1.72. The zero-order chi connectivity index (χ0) is 16.8. The van der Waals surface area contributed by atoms with Crippen LogP contribution in [0.3, 0.4) is 0 Å². The SMILES string of the molecule is COc1ccc(C(CNC2CCCC(C)C2)N2CCOCC2)cc1. The van der Waals surface area contributed by atoms with Crippen LogP contribution in [0, 0.1) is 5.92 Å². The highest BCUT2D eigenvalue weighted by molar-refractivity contribution is 5.29. The van der Waals surface area contributed by atoms with Gasteiger partial charge in [0.25, 0.3) is 0 Å². The number of benzene rings is 1. The Morgan fingerprint density at radius 2 is 1.96 bits per heavy atom. The largest absolute Gasteiger partial charge is 0.497 e. The van der Waals surface area contributed by atoms with E-state index < -0.39 is 0 Å². The third-order valence-corrected chi connectivity index (χ3v) is 5.52. The van der Waals surface area contributed by atoms with Crippen LogP contribution < -0.4 is 10.1 Å². The molecular formula is C20H32N2O2. The second-order valence-corrected chi connectivity index (χ2v) is 7.31. The molecule has 1 saturated heterocycles. The molecular weight excluding hydrogens is 300 g/mol. The number of morpholine rings is 1. The summed E-state index contributed by atoms with van der Waals surface area (Å²) in [5, 5.41) is 3.86. The second-order valence-electron chi connectivity index (χ2n) is 7.31. The fourth-order valence-electron chi connectivity index (χ4n) is 4.07. The van der Waals surface area contributed by atoms with Gasteiger partial charge in [0.1, 0.15) is 5.75 Å². The molecule has 2 aliphatic rings. The normalized spacial score (nSPS) is 26.9. The van der Waals surface area contributed by atoms with Crippen molar-refractivity contribution in [3.63, 3.8) is 0 Å². The summed E-state index contributed by atoms with van der Waals surface area (Å²) < 4.78 is 10.9. The molecule has 1 aliphatic heterocycles. The van der Waals surface area contributed by atoms with E-state index in [1.807, 2.05) is 0 Å². The van der Waals surface area contributed by atoms with Gasteiger partial charge in [-0.3, -0.25) is 4.90 Å². The van der Waals surface area contributed by atoms with Crippen molar-refractivity contribution in [3.8, 4) is 5.75 Å². The van der Waals surface area contributed by atoms with Crippen molar-refractivity contribution in [3.05, 3.63) is 29.8 Å². The number of hydrogen-bond acceptors (Lipinski definition) is 4. The molecule has 0 spiro atoms. The van der Waals surface area contributed by atoms with E-state index in [0.717, 1.165) is 44.5 Å². The Balaban J connectivity index is 1.66. The molecule has 1 aliphatic carbocycles. The van der Waals surface area contributed by atoms with Crippen molar-refractivity contribution in [2.75, 3.05) is 40.0 Å². The first kappa shape index (κ1) is 17.7. The van der Waals surface area contributed by atoms with Gasteiger partial charge in [0.2, 0.25) is 0 Å². The zero-order valence-electron chi connectivity index (χ0n) is 15.2. The van der Waals surface area contributed by atoms with Gasteiger partial charge in [-0.1, -0.05) is 31.9 Å². The smallest absolute Gasteiger partial charge is 0.118 e. The lowest BCUT2D eigenvalue weighted by Gasteiger charge is -2.37. The number of nitrogens with zero attached hydrogens (tertiary/aromatic N) is 1. The van der Waals surface area contributed by atoms with E-state index in [1.54, 1.807) is 7.11 Å². The molecule has 4 nitrogen and oxygen atoms in total. The van der Waals surface area contributed by atoms with Gasteiger partial charge in [-0.15, -0.1) is 0 Å². The maximum atomic E-state index is 5.55. The molecule has 134 valence electrons. The highest BCUT2D eigenvalue weighted by Gasteiger charge is 2.25. The minimum atomic E-state index is 0.414. The molecule has 1 saturated carbocycles. The van der Waals surface area contributed by atoms with E-state index in [0.29, 0.717) is 12.1 Å². The predicted molar refractivity (Wildman–Crippen MR) is 97.5 cm³/mol. The summed E-state index contributed by atoms with van der Waals surface area (Å²) in [4.78, 5) is 2.56. The van der Waals surface area contributed by atoms with Gasteiger partial charge in [-0.2, -0.15) is 0 Å². The number of hydrogen-bond donors (Lipinski definition) is 1. The number of ether oxygens (including phenoxy) is 2. The van der Waals surface area contributed by atoms with Crippen molar-refractivity contribution in [2.45, 2.75) is 44.7 Å². The molecule has 1 aromatic rings. The Labute approximate surface area is 146 Å². The summed E-state index contributed by atoms with van der Waals surface area (Å²) in [6.07, 6.45) is 5.40. The van der Waals surface area contributed by atoms with Gasteiger partial charge >= 0.3 is 0 Å². The maximum Gasteiger partial charge on any atom is 0.118 e. The Kier molecular flexibility index (Phi) is 6.52. The standard InChI is InChI=1S/C20H32N2O2/c1-16-4-3-5-18(14-16)21-15-20(22-10-12-24-13-11-22)17-6-8-19(23-2)9-7-17/h6-9,16,18,20-21H,3-5,10-15H2,1-2H3. The maximum absolute atomic E-state index is 5.55. The minimum Gasteiger partial charge on any atom is -0.497 e. The summed E-state index contributed by atoms with van der Waals surface area (Å²) in [6, 6.07) is 9.66. The van der Waals surface area contributed by atoms with E-state index >= 15 is 0 Å². The van der Waals surface area contributed by atoms with E-state index in [-0.39, 0.29) is 0 Å². The van der Waals surface area contributed by atoms with E-state index in [1.165, 1.54) is 31.2 Å². The Bertz CT molecular complexity index is 485. The molecule has 4 heteroatoms. The first-order valence-electron chi connectivity index (χ1n) is 9.45. The molecule has 3 unspecified atom stereocenters. The molecule has 1 aromatic carbocycles. The second kappa shape index (κ2) is 8.84. The van der Waals surface area contributed by atoms with Gasteiger partial charge in [-0.05, 0) is 36.5 Å². The number of nitrogens with one attached hydrogen (secondary N) is 1. The van der Waals surface area contributed by atoms with E-state index in [4.69, 9.17) is 9.47 Å². The predicted octanol–water partition coefficient (Wildman–Crippen LogP) is 3.24. The molecule has 0 bridgehead atoms. The van der Waals surface area contributed by atoms with Gasteiger partial charge in [0.15, 0.2) is 0 Å². The minimum absolute atomic E-state index is 0.414. The van der Waals surface area contributed by atoms with Crippen LogP contribution in [0.1, 0.15) is 44.2 Å². The van der Waals surface area contributed by atoms with Crippen LogP contribution in [-0.4, -0.2) is 50.9 Å². The summed E-state index contributed by atoms with van der Waals surface area (Å²) in [5.41, 5.74) is 1.37. The molecule has 0 amide bonds. The molecule has 3 rings (SSSR count). The van der Waals surface area contributed by atoms with Crippen LogP contribution in [-0.2, 0) is 4.74 Å². The van der Waals surface area contributed by atoms with Crippen molar-refractivity contribution >= 4 is 0 Å².